The summed E-state index contributed by atoms with van der Waals surface area (Å²) in [5, 5.41) is 0. The van der Waals surface area contributed by atoms with E-state index < -0.39 is 0 Å². The van der Waals surface area contributed by atoms with Gasteiger partial charge in [0.15, 0.2) is 0 Å². The molecule has 0 aliphatic rings. The van der Waals surface area contributed by atoms with E-state index in [-0.39, 0.29) is 0 Å². The van der Waals surface area contributed by atoms with Crippen molar-refractivity contribution in [3.05, 3.63) is 35.9 Å². The molecule has 0 heterocycles. The minimum Gasteiger partial charge on any atom is -0.317 e. The van der Waals surface area contributed by atoms with Gasteiger partial charge in [0.2, 0.25) is 0 Å². The summed E-state index contributed by atoms with van der Waals surface area (Å²) in [6, 6.07) is 10.3. The lowest BCUT2D eigenvalue weighted by Crippen LogP contribution is -2.05. The Morgan fingerprint density at radius 3 is 2.67 bits per heavy atom. The fraction of sp³-hybridized carbons (Fsp3) is 0.333. The Morgan fingerprint density at radius 1 is 1.25 bits per heavy atom. The van der Waals surface area contributed by atoms with Crippen LogP contribution in [0.3, 0.4) is 0 Å². The molecule has 0 atom stereocenters. The van der Waals surface area contributed by atoms with Crippen LogP contribution in [0.25, 0.3) is 0 Å². The van der Waals surface area contributed by atoms with Gasteiger partial charge in [0.25, 0.3) is 0 Å². The molecule has 0 saturated carbocycles. The van der Waals surface area contributed by atoms with E-state index in [0.717, 1.165) is 19.4 Å². The molecule has 2 N–H and O–H groups in total. The van der Waals surface area contributed by atoms with Crippen molar-refractivity contribution in [2.45, 2.75) is 12.8 Å². The van der Waals surface area contributed by atoms with Gasteiger partial charge in [-0.15, -0.1) is 0 Å². The fourth-order valence-corrected chi connectivity index (χ4v) is 1.29. The van der Waals surface area contributed by atoms with Crippen LogP contribution < -0.4 is 4.72 Å². The maximum Gasteiger partial charge on any atom is 0.0759 e. The molecule has 1 rings (SSSR count). The molecule has 3 heteroatoms. The van der Waals surface area contributed by atoms with Gasteiger partial charge in [-0.1, -0.05) is 30.3 Å². The predicted octanol–water partition coefficient (Wildman–Crippen LogP) is 2.33. The van der Waals surface area contributed by atoms with Gasteiger partial charge in [0.05, 0.1) is 12.2 Å². The smallest absolute Gasteiger partial charge is 0.0759 e. The van der Waals surface area contributed by atoms with Crippen molar-refractivity contribution >= 4 is 12.2 Å². The average Bonchev–Trinajstić information content (AvgIpc) is 2.14. The lowest BCUT2D eigenvalue weighted by atomic mass is 10.1. The normalized spacial score (nSPS) is 10.1. The summed E-state index contributed by atoms with van der Waals surface area (Å²) in [6.45, 7) is 0.843. The van der Waals surface area contributed by atoms with Crippen molar-refractivity contribution in [2.75, 3.05) is 6.54 Å². The van der Waals surface area contributed by atoms with E-state index in [1.807, 2.05) is 18.2 Å². The maximum absolute atomic E-state index is 8.37. The number of rotatable bonds is 5. The molecule has 0 aliphatic carbocycles. The standard InChI is InChI=1S/C9H13NOS/c11-12-10-8-4-7-9-5-2-1-3-6-9/h1-3,5-6,10-11H,4,7-8H2. The van der Waals surface area contributed by atoms with Gasteiger partial charge in [0, 0.05) is 6.54 Å². The quantitative estimate of drug-likeness (QED) is 0.417. The lowest BCUT2D eigenvalue weighted by Gasteiger charge is -2.00. The first-order chi connectivity index (χ1) is 5.93. The second kappa shape index (κ2) is 6.06. The summed E-state index contributed by atoms with van der Waals surface area (Å²) in [5.74, 6) is 0. The molecule has 0 fully saturated rings. The molecular formula is C9H13NOS. The highest BCUT2D eigenvalue weighted by atomic mass is 32.2. The monoisotopic (exact) mass is 183 g/mol. The molecule has 0 bridgehead atoms. The van der Waals surface area contributed by atoms with Crippen LogP contribution in [0, 0.1) is 0 Å². The van der Waals surface area contributed by atoms with E-state index in [4.69, 9.17) is 4.55 Å². The summed E-state index contributed by atoms with van der Waals surface area (Å²) >= 11 is 0.687. The summed E-state index contributed by atoms with van der Waals surface area (Å²) in [4.78, 5) is 0. The number of nitrogens with one attached hydrogen (secondary N) is 1. The van der Waals surface area contributed by atoms with Crippen LogP contribution in [0.4, 0.5) is 0 Å². The van der Waals surface area contributed by atoms with Gasteiger partial charge in [-0.2, -0.15) is 0 Å². The highest BCUT2D eigenvalue weighted by molar-refractivity contribution is 7.91. The maximum atomic E-state index is 8.37. The van der Waals surface area contributed by atoms with Crippen molar-refractivity contribution in [3.63, 3.8) is 0 Å². The minimum absolute atomic E-state index is 0.687. The summed E-state index contributed by atoms with van der Waals surface area (Å²) < 4.78 is 11.2. The summed E-state index contributed by atoms with van der Waals surface area (Å²) in [7, 11) is 0. The van der Waals surface area contributed by atoms with E-state index in [0.29, 0.717) is 12.2 Å². The van der Waals surface area contributed by atoms with Gasteiger partial charge >= 0.3 is 0 Å². The SMILES string of the molecule is OSNCCCc1ccccc1. The van der Waals surface area contributed by atoms with Crippen LogP contribution in [0.5, 0.6) is 0 Å². The molecule has 0 unspecified atom stereocenters. The van der Waals surface area contributed by atoms with Gasteiger partial charge in [-0.25, -0.2) is 4.72 Å². The van der Waals surface area contributed by atoms with E-state index in [2.05, 4.69) is 16.9 Å². The van der Waals surface area contributed by atoms with Crippen LogP contribution in [0.2, 0.25) is 0 Å². The van der Waals surface area contributed by atoms with Crippen molar-refractivity contribution < 1.29 is 4.55 Å². The Bertz CT molecular complexity index is 203. The fourth-order valence-electron chi connectivity index (χ4n) is 1.06. The van der Waals surface area contributed by atoms with Gasteiger partial charge in [-0.05, 0) is 18.4 Å². The molecule has 2 nitrogen and oxygen atoms in total. The molecule has 0 radical (unpaired) electrons. The zero-order chi connectivity index (χ0) is 8.65. The van der Waals surface area contributed by atoms with Crippen molar-refractivity contribution in [2.24, 2.45) is 0 Å². The topological polar surface area (TPSA) is 32.3 Å². The summed E-state index contributed by atoms with van der Waals surface area (Å²) in [5.41, 5.74) is 1.35. The first kappa shape index (κ1) is 9.58. The first-order valence-corrected chi connectivity index (χ1v) is 4.78. The molecule has 0 amide bonds. The Kier molecular flexibility index (Phi) is 4.83. The van der Waals surface area contributed by atoms with Crippen LogP contribution in [0.15, 0.2) is 30.3 Å². The van der Waals surface area contributed by atoms with Crippen molar-refractivity contribution in [3.8, 4) is 0 Å². The van der Waals surface area contributed by atoms with E-state index >= 15 is 0 Å². The van der Waals surface area contributed by atoms with Gasteiger partial charge in [0.1, 0.15) is 0 Å². The van der Waals surface area contributed by atoms with Gasteiger partial charge in [-0.3, -0.25) is 0 Å². The Hall–Kier alpha value is -0.510. The Balaban J connectivity index is 2.16. The Labute approximate surface area is 77.3 Å². The first-order valence-electron chi connectivity index (χ1n) is 4.00. The van der Waals surface area contributed by atoms with E-state index in [1.165, 1.54) is 5.56 Å². The van der Waals surface area contributed by atoms with Crippen LogP contribution in [-0.4, -0.2) is 11.1 Å². The molecule has 0 aliphatic heterocycles. The number of aryl methyl sites for hydroxylation is 1. The lowest BCUT2D eigenvalue weighted by molar-refractivity contribution is 0.644. The highest BCUT2D eigenvalue weighted by Crippen LogP contribution is 2.01. The minimum atomic E-state index is 0.687. The van der Waals surface area contributed by atoms with Crippen LogP contribution in [-0.2, 0) is 6.42 Å². The van der Waals surface area contributed by atoms with Gasteiger partial charge < -0.3 is 4.55 Å². The van der Waals surface area contributed by atoms with Crippen molar-refractivity contribution in [1.82, 2.24) is 4.72 Å². The molecule has 0 aromatic heterocycles. The number of hydrogen-bond donors (Lipinski definition) is 2. The third-order valence-electron chi connectivity index (χ3n) is 1.65. The Morgan fingerprint density at radius 2 is 2.00 bits per heavy atom. The van der Waals surface area contributed by atoms with E-state index in [9.17, 15) is 0 Å². The second-order valence-electron chi connectivity index (χ2n) is 2.57. The molecular weight excluding hydrogens is 170 g/mol. The molecule has 12 heavy (non-hydrogen) atoms. The third-order valence-corrected chi connectivity index (χ3v) is 1.98. The molecule has 1 aromatic carbocycles. The largest absolute Gasteiger partial charge is 0.317 e. The molecule has 0 saturated heterocycles. The van der Waals surface area contributed by atoms with E-state index in [1.54, 1.807) is 0 Å². The number of hydrogen-bond acceptors (Lipinski definition) is 3. The average molecular weight is 183 g/mol. The molecule has 0 spiro atoms. The second-order valence-corrected chi connectivity index (χ2v) is 3.05. The van der Waals surface area contributed by atoms with Crippen LogP contribution in [0.1, 0.15) is 12.0 Å². The zero-order valence-electron chi connectivity index (χ0n) is 6.86. The third kappa shape index (κ3) is 3.76. The highest BCUT2D eigenvalue weighted by Gasteiger charge is 1.90. The van der Waals surface area contributed by atoms with Crippen molar-refractivity contribution in [1.29, 1.82) is 0 Å². The van der Waals surface area contributed by atoms with Crippen LogP contribution >= 0.6 is 12.2 Å². The molecule has 1 aromatic rings. The summed E-state index contributed by atoms with van der Waals surface area (Å²) in [6.07, 6.45) is 2.12. The number of benzene rings is 1. The predicted molar refractivity (Wildman–Crippen MR) is 53.0 cm³/mol. The zero-order valence-corrected chi connectivity index (χ0v) is 7.68. The molecule has 66 valence electrons.